The number of furan rings is 1. The Morgan fingerprint density at radius 2 is 0.956 bits per heavy atom. The zero-order chi connectivity index (χ0) is 29.5. The molecule has 0 atom stereocenters. The molecule has 0 radical (unpaired) electrons. The monoisotopic (exact) mass is 574 g/mol. The van der Waals surface area contributed by atoms with Crippen LogP contribution in [-0.2, 0) is 0 Å². The number of aromatic nitrogens is 2. The molecule has 0 aliphatic carbocycles. The first-order valence-electron chi connectivity index (χ1n) is 15.4. The molecule has 0 N–H and O–H groups in total. The van der Waals surface area contributed by atoms with Crippen molar-refractivity contribution >= 4 is 65.6 Å². The number of nitrogens with zero attached hydrogens (tertiary/aromatic N) is 2. The van der Waals surface area contributed by atoms with Gasteiger partial charge in [0.05, 0.1) is 32.8 Å². The number of fused-ring (bicyclic) bond motifs is 11. The van der Waals surface area contributed by atoms with Gasteiger partial charge in [-0.1, -0.05) is 97.1 Å². The highest BCUT2D eigenvalue weighted by Crippen LogP contribution is 2.45. The van der Waals surface area contributed by atoms with Crippen LogP contribution in [0, 0.1) is 0 Å². The largest absolute Gasteiger partial charge is 0.455 e. The van der Waals surface area contributed by atoms with Gasteiger partial charge in [0.15, 0.2) is 0 Å². The molecule has 10 rings (SSSR count). The van der Waals surface area contributed by atoms with Crippen LogP contribution in [0.1, 0.15) is 0 Å². The predicted molar refractivity (Wildman–Crippen MR) is 188 cm³/mol. The molecular weight excluding hydrogens is 548 g/mol. The molecule has 210 valence electrons. The summed E-state index contributed by atoms with van der Waals surface area (Å²) in [7, 11) is 0. The molecule has 3 nitrogen and oxygen atoms in total. The zero-order valence-electron chi connectivity index (χ0n) is 24.3. The maximum Gasteiger partial charge on any atom is 0.145 e. The summed E-state index contributed by atoms with van der Waals surface area (Å²) in [6, 6.07) is 56.3. The van der Waals surface area contributed by atoms with Crippen molar-refractivity contribution in [1.82, 2.24) is 9.13 Å². The summed E-state index contributed by atoms with van der Waals surface area (Å²) in [5.41, 5.74) is 11.2. The Morgan fingerprint density at radius 1 is 0.356 bits per heavy atom. The fourth-order valence-corrected chi connectivity index (χ4v) is 7.38. The third kappa shape index (κ3) is 3.41. The number of para-hydroxylation sites is 3. The lowest BCUT2D eigenvalue weighted by Gasteiger charge is -2.09. The maximum atomic E-state index is 6.87. The van der Waals surface area contributed by atoms with Gasteiger partial charge in [-0.3, -0.25) is 0 Å². The van der Waals surface area contributed by atoms with E-state index in [-0.39, 0.29) is 0 Å². The van der Waals surface area contributed by atoms with Gasteiger partial charge in [0.1, 0.15) is 11.2 Å². The average Bonchev–Trinajstić information content (AvgIpc) is 3.76. The molecule has 3 heterocycles. The minimum absolute atomic E-state index is 0.897. The fourth-order valence-electron chi connectivity index (χ4n) is 7.38. The van der Waals surface area contributed by atoms with Gasteiger partial charge in [-0.2, -0.15) is 0 Å². The Kier molecular flexibility index (Phi) is 5.00. The predicted octanol–water partition coefficient (Wildman–Crippen LogP) is 11.4. The molecule has 0 bridgehead atoms. The maximum absolute atomic E-state index is 6.87. The van der Waals surface area contributed by atoms with E-state index in [1.54, 1.807) is 0 Å². The van der Waals surface area contributed by atoms with Gasteiger partial charge in [-0.25, -0.2) is 0 Å². The number of rotatable bonds is 3. The highest BCUT2D eigenvalue weighted by Gasteiger charge is 2.22. The molecule has 0 spiro atoms. The van der Waals surface area contributed by atoms with Crippen molar-refractivity contribution in [2.24, 2.45) is 0 Å². The van der Waals surface area contributed by atoms with Gasteiger partial charge in [-0.15, -0.1) is 0 Å². The molecule has 0 aliphatic heterocycles. The summed E-state index contributed by atoms with van der Waals surface area (Å²) in [6.07, 6.45) is 0. The van der Waals surface area contributed by atoms with Crippen molar-refractivity contribution in [3.05, 3.63) is 158 Å². The van der Waals surface area contributed by atoms with Gasteiger partial charge < -0.3 is 13.6 Å². The second-order valence-corrected chi connectivity index (χ2v) is 11.7. The Balaban J connectivity index is 1.30. The SMILES string of the molecule is c1ccc(-c2ccc(-n3c4ccccc4c4c5oc6ccc7c8ccccc8n(-c8ccccc8)c7c6c5ccc43)cc2)cc1. The molecule has 3 aromatic heterocycles. The smallest absolute Gasteiger partial charge is 0.145 e. The van der Waals surface area contributed by atoms with Crippen molar-refractivity contribution < 1.29 is 4.42 Å². The van der Waals surface area contributed by atoms with Gasteiger partial charge in [0.2, 0.25) is 0 Å². The lowest BCUT2D eigenvalue weighted by molar-refractivity contribution is 0.673. The van der Waals surface area contributed by atoms with Crippen LogP contribution in [0.2, 0.25) is 0 Å². The van der Waals surface area contributed by atoms with Gasteiger partial charge in [0.25, 0.3) is 0 Å². The van der Waals surface area contributed by atoms with Crippen molar-refractivity contribution in [1.29, 1.82) is 0 Å². The fraction of sp³-hybridized carbons (Fsp3) is 0. The van der Waals surface area contributed by atoms with Crippen LogP contribution in [0.25, 0.3) is 88.1 Å². The molecule has 0 aliphatic rings. The molecular formula is C42H26N2O. The van der Waals surface area contributed by atoms with Gasteiger partial charge in [-0.05, 0) is 71.8 Å². The number of hydrogen-bond acceptors (Lipinski definition) is 1. The third-order valence-corrected chi connectivity index (χ3v) is 9.32. The average molecular weight is 575 g/mol. The van der Waals surface area contributed by atoms with Crippen molar-refractivity contribution in [3.8, 4) is 22.5 Å². The van der Waals surface area contributed by atoms with E-state index in [4.69, 9.17) is 4.42 Å². The second-order valence-electron chi connectivity index (χ2n) is 11.7. The number of benzene rings is 7. The Hall–Kier alpha value is -6.06. The molecule has 0 amide bonds. The summed E-state index contributed by atoms with van der Waals surface area (Å²) in [5.74, 6) is 0. The minimum Gasteiger partial charge on any atom is -0.455 e. The van der Waals surface area contributed by atoms with Crippen LogP contribution in [0.15, 0.2) is 162 Å². The van der Waals surface area contributed by atoms with E-state index in [1.807, 2.05) is 0 Å². The molecule has 0 saturated carbocycles. The first kappa shape index (κ1) is 24.4. The lowest BCUT2D eigenvalue weighted by atomic mass is 10.1. The molecule has 45 heavy (non-hydrogen) atoms. The molecule has 7 aromatic carbocycles. The normalized spacial score (nSPS) is 12.0. The second kappa shape index (κ2) is 9.22. The Labute approximate surface area is 258 Å². The quantitative estimate of drug-likeness (QED) is 0.206. The number of hydrogen-bond donors (Lipinski definition) is 0. The van der Waals surface area contributed by atoms with E-state index >= 15 is 0 Å². The van der Waals surface area contributed by atoms with Crippen molar-refractivity contribution in [2.75, 3.05) is 0 Å². The van der Waals surface area contributed by atoms with E-state index < -0.39 is 0 Å². The molecule has 0 saturated heterocycles. The van der Waals surface area contributed by atoms with Gasteiger partial charge in [0, 0.05) is 32.9 Å². The van der Waals surface area contributed by atoms with Crippen LogP contribution in [0.3, 0.4) is 0 Å². The van der Waals surface area contributed by atoms with Crippen LogP contribution in [-0.4, -0.2) is 9.13 Å². The molecule has 3 heteroatoms. The standard InChI is InChI=1S/C42H26N2O/c1-3-11-27(12-4-1)28-19-21-30(22-20-28)43-36-18-10-8-16-33(36)39-37(43)25-23-34-40-38(45-42(34)39)26-24-32-31-15-7-9-17-35(31)44(41(32)40)29-13-5-2-6-14-29/h1-26H. The minimum atomic E-state index is 0.897. The summed E-state index contributed by atoms with van der Waals surface area (Å²) in [6.45, 7) is 0. The zero-order valence-corrected chi connectivity index (χ0v) is 24.3. The van der Waals surface area contributed by atoms with E-state index in [2.05, 4.69) is 167 Å². The van der Waals surface area contributed by atoms with Crippen molar-refractivity contribution in [3.63, 3.8) is 0 Å². The van der Waals surface area contributed by atoms with Crippen LogP contribution in [0.4, 0.5) is 0 Å². The highest BCUT2D eigenvalue weighted by atomic mass is 16.3. The van der Waals surface area contributed by atoms with Crippen LogP contribution < -0.4 is 0 Å². The highest BCUT2D eigenvalue weighted by molar-refractivity contribution is 6.29. The summed E-state index contributed by atoms with van der Waals surface area (Å²) in [4.78, 5) is 0. The van der Waals surface area contributed by atoms with Crippen LogP contribution in [0.5, 0.6) is 0 Å². The summed E-state index contributed by atoms with van der Waals surface area (Å²) >= 11 is 0. The molecule has 0 fully saturated rings. The lowest BCUT2D eigenvalue weighted by Crippen LogP contribution is -1.94. The van der Waals surface area contributed by atoms with Gasteiger partial charge >= 0.3 is 0 Å². The van der Waals surface area contributed by atoms with Crippen LogP contribution >= 0.6 is 0 Å². The van der Waals surface area contributed by atoms with E-state index in [9.17, 15) is 0 Å². The van der Waals surface area contributed by atoms with Crippen molar-refractivity contribution in [2.45, 2.75) is 0 Å². The van der Waals surface area contributed by atoms with E-state index in [0.29, 0.717) is 0 Å². The van der Waals surface area contributed by atoms with E-state index in [0.717, 1.165) is 49.7 Å². The first-order chi connectivity index (χ1) is 22.3. The topological polar surface area (TPSA) is 23.0 Å². The third-order valence-electron chi connectivity index (χ3n) is 9.32. The first-order valence-corrected chi connectivity index (χ1v) is 15.4. The Morgan fingerprint density at radius 3 is 1.73 bits per heavy atom. The molecule has 10 aromatic rings. The molecule has 0 unspecified atom stereocenters. The van der Waals surface area contributed by atoms with E-state index in [1.165, 1.54) is 38.3 Å². The Bertz CT molecular complexity index is 2730. The summed E-state index contributed by atoms with van der Waals surface area (Å²) in [5, 5.41) is 7.07. The summed E-state index contributed by atoms with van der Waals surface area (Å²) < 4.78 is 11.6.